The fourth-order valence-electron chi connectivity index (χ4n) is 2.47. The Morgan fingerprint density at radius 1 is 1.16 bits per heavy atom. The van der Waals surface area contributed by atoms with Crippen molar-refractivity contribution in [3.8, 4) is 11.6 Å². The fraction of sp³-hybridized carbons (Fsp3) is 0.429. The third-order valence-corrected chi connectivity index (χ3v) is 4.08. The van der Waals surface area contributed by atoms with E-state index < -0.39 is 18.7 Å². The van der Waals surface area contributed by atoms with Crippen LogP contribution >= 0.6 is 0 Å². The number of Topliss-reactive ketones (excluding diaryl/α,β-unsaturated/α-hetero) is 1. The van der Waals surface area contributed by atoms with E-state index in [-0.39, 0.29) is 42.9 Å². The van der Waals surface area contributed by atoms with Gasteiger partial charge in [-0.25, -0.2) is 4.98 Å². The van der Waals surface area contributed by atoms with Crippen LogP contribution in [0.25, 0.3) is 0 Å². The first kappa shape index (κ1) is 24.1. The standard InChI is InChI=1S/C21H24F3N3O4/c1-4-30-18-7-14(11-27-20(18)31-12-21(22,23)24)10-26-19(29)15-5-6-25-16(8-15)9-17(28)13(2)3/h5-8,11,13H,4,9-10,12H2,1-3H3,(H,26,29). The maximum Gasteiger partial charge on any atom is 0.422 e. The van der Waals surface area contributed by atoms with Gasteiger partial charge in [0.15, 0.2) is 12.4 Å². The zero-order chi connectivity index (χ0) is 23.0. The van der Waals surface area contributed by atoms with Crippen molar-refractivity contribution in [3.63, 3.8) is 0 Å². The molecule has 31 heavy (non-hydrogen) atoms. The summed E-state index contributed by atoms with van der Waals surface area (Å²) >= 11 is 0. The van der Waals surface area contributed by atoms with Crippen LogP contribution in [0.1, 0.15) is 42.4 Å². The average molecular weight is 439 g/mol. The zero-order valence-corrected chi connectivity index (χ0v) is 17.5. The summed E-state index contributed by atoms with van der Waals surface area (Å²) in [6.45, 7) is 4.04. The van der Waals surface area contributed by atoms with E-state index in [0.717, 1.165) is 0 Å². The maximum absolute atomic E-state index is 12.5. The van der Waals surface area contributed by atoms with Crippen LogP contribution in [-0.2, 0) is 17.8 Å². The molecule has 0 atom stereocenters. The van der Waals surface area contributed by atoms with Gasteiger partial charge in [0.2, 0.25) is 0 Å². The van der Waals surface area contributed by atoms with Gasteiger partial charge in [-0.15, -0.1) is 0 Å². The Labute approximate surface area is 178 Å². The summed E-state index contributed by atoms with van der Waals surface area (Å²) in [5.74, 6) is -0.724. The summed E-state index contributed by atoms with van der Waals surface area (Å²) < 4.78 is 47.1. The number of halogens is 3. The molecule has 1 N–H and O–H groups in total. The lowest BCUT2D eigenvalue weighted by Gasteiger charge is -2.14. The van der Waals surface area contributed by atoms with E-state index in [1.807, 2.05) is 0 Å². The third-order valence-electron chi connectivity index (χ3n) is 4.08. The van der Waals surface area contributed by atoms with E-state index in [1.54, 1.807) is 26.8 Å². The smallest absolute Gasteiger partial charge is 0.422 e. The third kappa shape index (κ3) is 7.88. The number of ketones is 1. The van der Waals surface area contributed by atoms with Gasteiger partial charge in [-0.1, -0.05) is 13.8 Å². The minimum absolute atomic E-state index is 0.0208. The predicted molar refractivity (Wildman–Crippen MR) is 106 cm³/mol. The van der Waals surface area contributed by atoms with Crippen LogP contribution in [0.2, 0.25) is 0 Å². The molecule has 1 amide bonds. The number of carbonyl (C=O) groups is 2. The topological polar surface area (TPSA) is 90.4 Å². The Balaban J connectivity index is 2.04. The molecule has 0 saturated carbocycles. The molecule has 0 unspecified atom stereocenters. The number of ether oxygens (including phenoxy) is 2. The van der Waals surface area contributed by atoms with E-state index in [4.69, 9.17) is 4.74 Å². The van der Waals surface area contributed by atoms with Gasteiger partial charge in [0.1, 0.15) is 5.78 Å². The Morgan fingerprint density at radius 2 is 1.90 bits per heavy atom. The minimum Gasteiger partial charge on any atom is -0.488 e. The largest absolute Gasteiger partial charge is 0.488 e. The number of hydrogen-bond donors (Lipinski definition) is 1. The average Bonchev–Trinajstić information content (AvgIpc) is 2.71. The predicted octanol–water partition coefficient (Wildman–Crippen LogP) is 3.51. The number of amides is 1. The highest BCUT2D eigenvalue weighted by Gasteiger charge is 2.29. The quantitative estimate of drug-likeness (QED) is 0.609. The highest BCUT2D eigenvalue weighted by molar-refractivity contribution is 5.94. The molecular weight excluding hydrogens is 415 g/mol. The molecule has 2 heterocycles. The van der Waals surface area contributed by atoms with Gasteiger partial charge in [-0.05, 0) is 30.7 Å². The zero-order valence-electron chi connectivity index (χ0n) is 17.5. The van der Waals surface area contributed by atoms with Crippen LogP contribution in [0, 0.1) is 5.92 Å². The molecule has 0 aliphatic rings. The molecule has 0 aliphatic carbocycles. The van der Waals surface area contributed by atoms with E-state index in [1.165, 1.54) is 24.5 Å². The molecule has 0 aromatic carbocycles. The number of rotatable bonds is 10. The van der Waals surface area contributed by atoms with Crippen LogP contribution in [0.5, 0.6) is 11.6 Å². The number of nitrogens with one attached hydrogen (secondary N) is 1. The van der Waals surface area contributed by atoms with Gasteiger partial charge in [-0.2, -0.15) is 13.2 Å². The SMILES string of the molecule is CCOc1cc(CNC(=O)c2ccnc(CC(=O)C(C)C)c2)cnc1OCC(F)(F)F. The molecule has 2 aromatic rings. The molecular formula is C21H24F3N3O4. The molecule has 0 bridgehead atoms. The van der Waals surface area contributed by atoms with Gasteiger partial charge < -0.3 is 14.8 Å². The summed E-state index contributed by atoms with van der Waals surface area (Å²) in [6.07, 6.45) is -1.60. The fourth-order valence-corrected chi connectivity index (χ4v) is 2.47. The second kappa shape index (κ2) is 10.7. The molecule has 2 aromatic heterocycles. The number of carbonyl (C=O) groups excluding carboxylic acids is 2. The van der Waals surface area contributed by atoms with Crippen molar-refractivity contribution in [2.45, 2.75) is 39.9 Å². The monoisotopic (exact) mass is 439 g/mol. The van der Waals surface area contributed by atoms with Crippen molar-refractivity contribution in [2.24, 2.45) is 5.92 Å². The summed E-state index contributed by atoms with van der Waals surface area (Å²) in [5, 5.41) is 2.70. The Morgan fingerprint density at radius 3 is 2.55 bits per heavy atom. The lowest BCUT2D eigenvalue weighted by Crippen LogP contribution is -2.23. The van der Waals surface area contributed by atoms with E-state index in [9.17, 15) is 22.8 Å². The second-order valence-electron chi connectivity index (χ2n) is 7.00. The normalized spacial score (nSPS) is 11.3. The Bertz CT molecular complexity index is 917. The van der Waals surface area contributed by atoms with E-state index in [2.05, 4.69) is 20.0 Å². The first-order chi connectivity index (χ1) is 14.6. The molecule has 0 radical (unpaired) electrons. The van der Waals surface area contributed by atoms with Crippen molar-refractivity contribution in [1.29, 1.82) is 0 Å². The first-order valence-electron chi connectivity index (χ1n) is 9.66. The maximum atomic E-state index is 12.5. The highest BCUT2D eigenvalue weighted by atomic mass is 19.4. The molecule has 0 spiro atoms. The molecule has 0 fully saturated rings. The number of pyridine rings is 2. The summed E-state index contributed by atoms with van der Waals surface area (Å²) in [5.41, 5.74) is 1.35. The highest BCUT2D eigenvalue weighted by Crippen LogP contribution is 2.27. The van der Waals surface area contributed by atoms with Gasteiger partial charge in [0, 0.05) is 42.5 Å². The molecule has 0 aliphatic heterocycles. The number of alkyl halides is 3. The molecule has 168 valence electrons. The van der Waals surface area contributed by atoms with Crippen LogP contribution in [-0.4, -0.2) is 41.0 Å². The van der Waals surface area contributed by atoms with Crippen LogP contribution in [0.4, 0.5) is 13.2 Å². The number of hydrogen-bond acceptors (Lipinski definition) is 6. The van der Waals surface area contributed by atoms with Crippen LogP contribution in [0.15, 0.2) is 30.6 Å². The second-order valence-corrected chi connectivity index (χ2v) is 7.00. The lowest BCUT2D eigenvalue weighted by molar-refractivity contribution is -0.154. The molecule has 10 heteroatoms. The van der Waals surface area contributed by atoms with Crippen molar-refractivity contribution < 1.29 is 32.2 Å². The minimum atomic E-state index is -4.50. The van der Waals surface area contributed by atoms with Gasteiger partial charge in [0.05, 0.1) is 6.61 Å². The Hall–Kier alpha value is -3.17. The van der Waals surface area contributed by atoms with Gasteiger partial charge in [0.25, 0.3) is 11.8 Å². The summed E-state index contributed by atoms with van der Waals surface area (Å²) in [6, 6.07) is 4.53. The van der Waals surface area contributed by atoms with Crippen molar-refractivity contribution in [1.82, 2.24) is 15.3 Å². The van der Waals surface area contributed by atoms with Crippen molar-refractivity contribution >= 4 is 11.7 Å². The van der Waals surface area contributed by atoms with Crippen molar-refractivity contribution in [3.05, 3.63) is 47.4 Å². The van der Waals surface area contributed by atoms with Crippen LogP contribution < -0.4 is 14.8 Å². The summed E-state index contributed by atoms with van der Waals surface area (Å²) in [4.78, 5) is 32.3. The summed E-state index contributed by atoms with van der Waals surface area (Å²) in [7, 11) is 0. The van der Waals surface area contributed by atoms with E-state index in [0.29, 0.717) is 16.8 Å². The number of nitrogens with zero attached hydrogens (tertiary/aromatic N) is 2. The van der Waals surface area contributed by atoms with Crippen LogP contribution in [0.3, 0.4) is 0 Å². The van der Waals surface area contributed by atoms with Crippen molar-refractivity contribution in [2.75, 3.05) is 13.2 Å². The first-order valence-corrected chi connectivity index (χ1v) is 9.66. The molecule has 7 nitrogen and oxygen atoms in total. The van der Waals surface area contributed by atoms with Gasteiger partial charge in [-0.3, -0.25) is 14.6 Å². The van der Waals surface area contributed by atoms with Gasteiger partial charge >= 0.3 is 6.18 Å². The molecule has 0 saturated heterocycles. The molecule has 2 rings (SSSR count). The Kier molecular flexibility index (Phi) is 8.35. The number of aromatic nitrogens is 2. The lowest BCUT2D eigenvalue weighted by atomic mass is 10.0. The van der Waals surface area contributed by atoms with E-state index >= 15 is 0 Å².